The zero-order valence-electron chi connectivity index (χ0n) is 30.9. The van der Waals surface area contributed by atoms with E-state index in [-0.39, 0.29) is 23.7 Å². The number of unbranched alkanes of at least 4 members (excludes halogenated alkanes) is 2. The molecule has 1 fully saturated rings. The maximum absolute atomic E-state index is 12.6. The number of ether oxygens (including phenoxy) is 1. The first-order valence-electron chi connectivity index (χ1n) is 18.0. The van der Waals surface area contributed by atoms with E-state index >= 15 is 0 Å². The molecular formula is C36H52F6N6O8. The first-order chi connectivity index (χ1) is 26.4. The summed E-state index contributed by atoms with van der Waals surface area (Å²) in [6.07, 6.45) is 3.48. The number of hydrogen-bond donors (Lipinski definition) is 8. The predicted octanol–water partition coefficient (Wildman–Crippen LogP) is 2.94. The lowest BCUT2D eigenvalue weighted by atomic mass is 9.68. The Kier molecular flexibility index (Phi) is 22.6. The van der Waals surface area contributed by atoms with Gasteiger partial charge in [0.15, 0.2) is 0 Å². The summed E-state index contributed by atoms with van der Waals surface area (Å²) in [6.45, 7) is 6.17. The summed E-state index contributed by atoms with van der Waals surface area (Å²) >= 11 is 0. The number of carboxylic acids is 2. The van der Waals surface area contributed by atoms with Gasteiger partial charge in [-0.2, -0.15) is 26.3 Å². The Balaban J connectivity index is 0.000000949. The van der Waals surface area contributed by atoms with Gasteiger partial charge < -0.3 is 47.7 Å². The number of ketones is 1. The number of Topliss-reactive ketones (excluding diaryl/α,β-unsaturated/α-hetero) is 1. The lowest BCUT2D eigenvalue weighted by molar-refractivity contribution is -0.193. The summed E-state index contributed by atoms with van der Waals surface area (Å²) in [5.41, 5.74) is 12.3. The minimum atomic E-state index is -5.08. The summed E-state index contributed by atoms with van der Waals surface area (Å²) in [4.78, 5) is 55.1. The van der Waals surface area contributed by atoms with E-state index in [1.54, 1.807) is 12.2 Å². The number of hydrogen-bond acceptors (Lipinski definition) is 10. The molecule has 316 valence electrons. The number of amides is 2. The van der Waals surface area contributed by atoms with Gasteiger partial charge >= 0.3 is 24.3 Å². The second-order valence-electron chi connectivity index (χ2n) is 12.7. The van der Waals surface area contributed by atoms with Crippen molar-refractivity contribution in [3.8, 4) is 5.75 Å². The third-order valence-corrected chi connectivity index (χ3v) is 8.30. The minimum absolute atomic E-state index is 0.145. The molecule has 1 aromatic rings. The maximum atomic E-state index is 12.6. The topological polar surface area (TPSA) is 235 Å². The molecule has 1 aliphatic heterocycles. The molecule has 0 radical (unpaired) electrons. The second kappa shape index (κ2) is 25.6. The number of rotatable bonds is 20. The van der Waals surface area contributed by atoms with Crippen molar-refractivity contribution in [2.45, 2.75) is 81.7 Å². The molecule has 2 aliphatic rings. The highest BCUT2D eigenvalue weighted by Crippen LogP contribution is 2.51. The third kappa shape index (κ3) is 19.4. The largest absolute Gasteiger partial charge is 0.490 e. The van der Waals surface area contributed by atoms with E-state index in [0.717, 1.165) is 81.6 Å². The molecule has 14 nitrogen and oxygen atoms in total. The Labute approximate surface area is 320 Å². The molecular weight excluding hydrogens is 758 g/mol. The van der Waals surface area contributed by atoms with Crippen LogP contribution in [0.4, 0.5) is 26.3 Å². The number of nitrogens with two attached hydrogens (primary N) is 2. The van der Waals surface area contributed by atoms with Crippen LogP contribution in [0.3, 0.4) is 0 Å². The van der Waals surface area contributed by atoms with E-state index in [1.807, 2.05) is 24.3 Å². The molecule has 0 spiro atoms. The molecule has 1 aliphatic carbocycles. The van der Waals surface area contributed by atoms with Gasteiger partial charge in [0, 0.05) is 37.6 Å². The van der Waals surface area contributed by atoms with Gasteiger partial charge in [-0.1, -0.05) is 12.1 Å². The molecule has 56 heavy (non-hydrogen) atoms. The van der Waals surface area contributed by atoms with Crippen LogP contribution in [0, 0.1) is 0 Å². The molecule has 0 aromatic heterocycles. The Morgan fingerprint density at radius 3 is 1.73 bits per heavy atom. The van der Waals surface area contributed by atoms with Crippen LogP contribution in [0.1, 0.15) is 68.9 Å². The van der Waals surface area contributed by atoms with Gasteiger partial charge in [0.2, 0.25) is 11.8 Å². The van der Waals surface area contributed by atoms with Gasteiger partial charge in [0.1, 0.15) is 17.6 Å². The number of nitrogens with one attached hydrogen (secondary N) is 4. The number of benzene rings is 1. The summed E-state index contributed by atoms with van der Waals surface area (Å²) < 4.78 is 69.7. The average Bonchev–Trinajstić information content (AvgIpc) is 3.44. The molecule has 1 saturated carbocycles. The number of aliphatic carboxylic acids is 2. The fourth-order valence-electron chi connectivity index (χ4n) is 5.41. The van der Waals surface area contributed by atoms with Gasteiger partial charge in [-0.3, -0.25) is 14.4 Å². The quantitative estimate of drug-likeness (QED) is 0.0540. The Morgan fingerprint density at radius 2 is 1.25 bits per heavy atom. The Hall–Kier alpha value is -4.53. The fourth-order valence-corrected chi connectivity index (χ4v) is 5.41. The first kappa shape index (κ1) is 49.5. The summed E-state index contributed by atoms with van der Waals surface area (Å²) in [6, 6.07) is 5.81. The van der Waals surface area contributed by atoms with Crippen molar-refractivity contribution in [2.24, 2.45) is 11.5 Å². The molecule has 1 aromatic carbocycles. The van der Waals surface area contributed by atoms with Gasteiger partial charge in [0.05, 0.1) is 5.41 Å². The number of fused-ring (bicyclic) bond motifs is 3. The number of carbonyl (C=O) groups is 5. The lowest BCUT2D eigenvalue weighted by Crippen LogP contribution is -2.42. The first-order valence-corrected chi connectivity index (χ1v) is 18.0. The van der Waals surface area contributed by atoms with Gasteiger partial charge in [-0.15, -0.1) is 0 Å². The van der Waals surface area contributed by atoms with Gasteiger partial charge in [0.25, 0.3) is 0 Å². The minimum Gasteiger partial charge on any atom is -0.488 e. The van der Waals surface area contributed by atoms with E-state index < -0.39 is 29.7 Å². The van der Waals surface area contributed by atoms with Crippen LogP contribution in [0.5, 0.6) is 5.75 Å². The van der Waals surface area contributed by atoms with Gasteiger partial charge in [-0.25, -0.2) is 9.59 Å². The average molecular weight is 811 g/mol. The van der Waals surface area contributed by atoms with Crippen molar-refractivity contribution in [3.63, 3.8) is 0 Å². The standard InChI is InChI=1S/C32H50N6O4.2C2HF3O2/c33-15-1-3-17-35-19-5-21-37-30(40)10-8-25-7-9-28-27(23-25)32(13-11-26(39)24-29(32)42-28)14-12-31(41)38-22-6-20-36-18-4-2-16-34;2*3-2(4,5)1(6)7/h7-10,12,14,23,29,35-36H,1-6,11,13,15-22,24,33-34H2,(H,37,40)(H,38,41);2*(H,6,7)/b10-8+,14-12+;;/t29-,32+;;/m1../s1. The smallest absolute Gasteiger partial charge is 0.488 e. The SMILES string of the molecule is NCCCCNCCCNC(=O)/C=C/c1ccc2c(c1)[C@@]1(/C=C/C(=O)NCCCNCCCCN)CCC(=O)C[C@H]1O2.O=C(O)C(F)(F)F.O=C(O)C(F)(F)F. The van der Waals surface area contributed by atoms with Crippen LogP contribution < -0.4 is 37.5 Å². The van der Waals surface area contributed by atoms with Crippen LogP contribution in [-0.2, 0) is 29.4 Å². The molecule has 2 atom stereocenters. The van der Waals surface area contributed by atoms with E-state index in [2.05, 4.69) is 21.3 Å². The number of halogens is 6. The molecule has 2 amide bonds. The Bertz CT molecular complexity index is 1450. The van der Waals surface area contributed by atoms with E-state index in [1.165, 1.54) is 6.08 Å². The normalized spacial score (nSPS) is 17.5. The zero-order chi connectivity index (χ0) is 42.2. The zero-order valence-corrected chi connectivity index (χ0v) is 30.9. The van der Waals surface area contributed by atoms with Crippen LogP contribution in [0.15, 0.2) is 36.4 Å². The second-order valence-corrected chi connectivity index (χ2v) is 12.7. The summed E-state index contributed by atoms with van der Waals surface area (Å²) in [5.74, 6) is -4.92. The van der Waals surface area contributed by atoms with Crippen molar-refractivity contribution in [1.82, 2.24) is 21.3 Å². The number of carbonyl (C=O) groups excluding carboxylic acids is 3. The van der Waals surface area contributed by atoms with Crippen molar-refractivity contribution < 1.29 is 65.3 Å². The highest BCUT2D eigenvalue weighted by Gasteiger charge is 2.50. The number of carboxylic acid groups (broad SMARTS) is 2. The van der Waals surface area contributed by atoms with Crippen LogP contribution in [-0.4, -0.2) is 111 Å². The molecule has 3 rings (SSSR count). The van der Waals surface area contributed by atoms with Gasteiger partial charge in [-0.05, 0) is 114 Å². The van der Waals surface area contributed by atoms with Crippen LogP contribution in [0.2, 0.25) is 0 Å². The van der Waals surface area contributed by atoms with Crippen molar-refractivity contribution in [3.05, 3.63) is 47.6 Å². The van der Waals surface area contributed by atoms with E-state index in [4.69, 9.17) is 36.0 Å². The van der Waals surface area contributed by atoms with Crippen molar-refractivity contribution in [1.29, 1.82) is 0 Å². The molecule has 10 N–H and O–H groups in total. The monoisotopic (exact) mass is 810 g/mol. The van der Waals surface area contributed by atoms with E-state index in [9.17, 15) is 40.7 Å². The highest BCUT2D eigenvalue weighted by atomic mass is 19.4. The third-order valence-electron chi connectivity index (χ3n) is 8.30. The predicted molar refractivity (Wildman–Crippen MR) is 195 cm³/mol. The Morgan fingerprint density at radius 1 is 0.768 bits per heavy atom. The highest BCUT2D eigenvalue weighted by molar-refractivity contribution is 5.92. The molecule has 0 unspecified atom stereocenters. The number of alkyl halides is 6. The van der Waals surface area contributed by atoms with Crippen LogP contribution in [0.25, 0.3) is 6.08 Å². The molecule has 1 heterocycles. The van der Waals surface area contributed by atoms with Crippen LogP contribution >= 0.6 is 0 Å². The molecule has 0 saturated heterocycles. The molecule has 20 heteroatoms. The lowest BCUT2D eigenvalue weighted by Gasteiger charge is -2.35. The van der Waals surface area contributed by atoms with Crippen molar-refractivity contribution in [2.75, 3.05) is 52.4 Å². The summed E-state index contributed by atoms with van der Waals surface area (Å²) in [7, 11) is 0. The molecule has 0 bridgehead atoms. The van der Waals surface area contributed by atoms with Crippen molar-refractivity contribution >= 4 is 35.6 Å². The summed E-state index contributed by atoms with van der Waals surface area (Å²) in [5, 5.41) is 26.8. The fraction of sp³-hybridized carbons (Fsp3) is 0.583. The maximum Gasteiger partial charge on any atom is 0.490 e. The van der Waals surface area contributed by atoms with E-state index in [0.29, 0.717) is 45.4 Å².